The van der Waals surface area contributed by atoms with Crippen LogP contribution in [0.25, 0.3) is 0 Å². The van der Waals surface area contributed by atoms with Gasteiger partial charge in [0, 0.05) is 25.6 Å². The second-order valence-corrected chi connectivity index (χ2v) is 4.87. The van der Waals surface area contributed by atoms with E-state index in [1.807, 2.05) is 13.8 Å². The third kappa shape index (κ3) is 2.77. The zero-order valence-corrected chi connectivity index (χ0v) is 10.6. The van der Waals surface area contributed by atoms with Crippen molar-refractivity contribution in [3.05, 3.63) is 0 Å². The SMILES string of the molecule is CCC(CC)(CN)C(=O)N1CC(CC(=O)O)C1. The Hall–Kier alpha value is -1.10. The van der Waals surface area contributed by atoms with Gasteiger partial charge >= 0.3 is 5.97 Å². The largest absolute Gasteiger partial charge is 0.481 e. The zero-order chi connectivity index (χ0) is 13.1. The van der Waals surface area contributed by atoms with Gasteiger partial charge in [-0.2, -0.15) is 0 Å². The van der Waals surface area contributed by atoms with Crippen LogP contribution in [0.15, 0.2) is 0 Å². The highest BCUT2D eigenvalue weighted by Crippen LogP contribution is 2.31. The lowest BCUT2D eigenvalue weighted by Gasteiger charge is -2.44. The molecule has 0 aromatic carbocycles. The van der Waals surface area contributed by atoms with Gasteiger partial charge in [0.15, 0.2) is 0 Å². The van der Waals surface area contributed by atoms with Gasteiger partial charge in [0.25, 0.3) is 0 Å². The maximum Gasteiger partial charge on any atom is 0.303 e. The molecule has 0 atom stereocenters. The van der Waals surface area contributed by atoms with E-state index in [0.29, 0.717) is 19.6 Å². The summed E-state index contributed by atoms with van der Waals surface area (Å²) in [5.41, 5.74) is 5.27. The first-order valence-corrected chi connectivity index (χ1v) is 6.20. The van der Waals surface area contributed by atoms with Crippen LogP contribution in [0.5, 0.6) is 0 Å². The molecule has 0 unspecified atom stereocenters. The number of rotatable bonds is 6. The number of hydrogen-bond acceptors (Lipinski definition) is 3. The van der Waals surface area contributed by atoms with Gasteiger partial charge in [0.1, 0.15) is 0 Å². The van der Waals surface area contributed by atoms with E-state index in [1.165, 1.54) is 0 Å². The number of nitrogens with zero attached hydrogens (tertiary/aromatic N) is 1. The number of carboxylic acid groups (broad SMARTS) is 1. The predicted molar refractivity (Wildman–Crippen MR) is 64.4 cm³/mol. The summed E-state index contributed by atoms with van der Waals surface area (Å²) < 4.78 is 0. The van der Waals surface area contributed by atoms with Crippen LogP contribution in [0.4, 0.5) is 0 Å². The smallest absolute Gasteiger partial charge is 0.303 e. The minimum Gasteiger partial charge on any atom is -0.481 e. The highest BCUT2D eigenvalue weighted by atomic mass is 16.4. The normalized spacial score (nSPS) is 16.8. The van der Waals surface area contributed by atoms with Crippen LogP contribution in [-0.2, 0) is 9.59 Å². The summed E-state index contributed by atoms with van der Waals surface area (Å²) in [6, 6.07) is 0. The summed E-state index contributed by atoms with van der Waals surface area (Å²) >= 11 is 0. The molecule has 0 aliphatic carbocycles. The lowest BCUT2D eigenvalue weighted by atomic mass is 9.79. The lowest BCUT2D eigenvalue weighted by molar-refractivity contribution is -0.152. The first kappa shape index (κ1) is 14.0. The second-order valence-electron chi connectivity index (χ2n) is 4.87. The van der Waals surface area contributed by atoms with Crippen LogP contribution in [-0.4, -0.2) is 41.5 Å². The Morgan fingerprint density at radius 3 is 2.24 bits per heavy atom. The van der Waals surface area contributed by atoms with Gasteiger partial charge in [0.2, 0.25) is 5.91 Å². The molecule has 1 aliphatic heterocycles. The highest BCUT2D eigenvalue weighted by molar-refractivity contribution is 5.84. The van der Waals surface area contributed by atoms with Crippen molar-refractivity contribution < 1.29 is 14.7 Å². The van der Waals surface area contributed by atoms with Crippen LogP contribution in [0.1, 0.15) is 33.1 Å². The van der Waals surface area contributed by atoms with Crippen LogP contribution in [0.3, 0.4) is 0 Å². The van der Waals surface area contributed by atoms with Gasteiger partial charge in [0.05, 0.1) is 11.8 Å². The maximum atomic E-state index is 12.3. The first-order chi connectivity index (χ1) is 7.99. The number of nitrogens with two attached hydrogens (primary N) is 1. The summed E-state index contributed by atoms with van der Waals surface area (Å²) in [5.74, 6) is -0.592. The molecule has 1 amide bonds. The standard InChI is InChI=1S/C12H22N2O3/c1-3-12(4-2,8-13)11(17)14-6-9(7-14)5-10(15)16/h9H,3-8,13H2,1-2H3,(H,15,16). The predicted octanol–water partition coefficient (Wildman–Crippen LogP) is 0.685. The molecule has 1 rings (SSSR count). The molecule has 0 aromatic heterocycles. The Morgan fingerprint density at radius 1 is 1.35 bits per heavy atom. The van der Waals surface area contributed by atoms with E-state index in [0.717, 1.165) is 12.8 Å². The molecule has 5 heteroatoms. The van der Waals surface area contributed by atoms with Crippen molar-refractivity contribution in [3.63, 3.8) is 0 Å². The highest BCUT2D eigenvalue weighted by Gasteiger charge is 2.41. The van der Waals surface area contributed by atoms with Crippen molar-refractivity contribution in [1.82, 2.24) is 4.90 Å². The number of hydrogen-bond donors (Lipinski definition) is 2. The number of aliphatic carboxylic acids is 1. The number of amides is 1. The first-order valence-electron chi connectivity index (χ1n) is 6.20. The Labute approximate surface area is 102 Å². The fourth-order valence-corrected chi connectivity index (χ4v) is 2.38. The molecule has 0 aromatic rings. The summed E-state index contributed by atoms with van der Waals surface area (Å²) in [7, 11) is 0. The quantitative estimate of drug-likeness (QED) is 0.717. The summed E-state index contributed by atoms with van der Waals surface area (Å²) in [6.45, 7) is 5.43. The van der Waals surface area contributed by atoms with E-state index in [2.05, 4.69) is 0 Å². The Kier molecular flexibility index (Phi) is 4.51. The minimum absolute atomic E-state index is 0.0895. The number of carbonyl (C=O) groups is 2. The zero-order valence-electron chi connectivity index (χ0n) is 10.6. The average molecular weight is 242 g/mol. The topological polar surface area (TPSA) is 83.6 Å². The Balaban J connectivity index is 2.53. The van der Waals surface area contributed by atoms with Gasteiger partial charge in [-0.15, -0.1) is 0 Å². The molecule has 1 aliphatic rings. The Morgan fingerprint density at radius 2 is 1.88 bits per heavy atom. The fourth-order valence-electron chi connectivity index (χ4n) is 2.38. The monoisotopic (exact) mass is 242 g/mol. The van der Waals surface area contributed by atoms with E-state index in [4.69, 9.17) is 10.8 Å². The molecule has 0 radical (unpaired) electrons. The molecule has 0 spiro atoms. The molecular formula is C12H22N2O3. The molecule has 1 heterocycles. The molecule has 1 fully saturated rings. The lowest BCUT2D eigenvalue weighted by Crippen LogP contribution is -2.57. The maximum absolute atomic E-state index is 12.3. The fraction of sp³-hybridized carbons (Fsp3) is 0.833. The number of carbonyl (C=O) groups excluding carboxylic acids is 1. The molecule has 3 N–H and O–H groups in total. The molecule has 98 valence electrons. The molecule has 0 saturated carbocycles. The molecular weight excluding hydrogens is 220 g/mol. The van der Waals surface area contributed by atoms with E-state index < -0.39 is 11.4 Å². The summed E-state index contributed by atoms with van der Waals surface area (Å²) in [4.78, 5) is 24.5. The molecule has 1 saturated heterocycles. The van der Waals surface area contributed by atoms with Gasteiger partial charge in [-0.25, -0.2) is 0 Å². The van der Waals surface area contributed by atoms with Crippen LogP contribution in [0.2, 0.25) is 0 Å². The second kappa shape index (κ2) is 5.49. The van der Waals surface area contributed by atoms with Crippen molar-refractivity contribution in [2.75, 3.05) is 19.6 Å². The average Bonchev–Trinajstić information content (AvgIpc) is 2.25. The van der Waals surface area contributed by atoms with Gasteiger partial charge in [-0.05, 0) is 12.8 Å². The van der Waals surface area contributed by atoms with Crippen molar-refractivity contribution in [3.8, 4) is 0 Å². The van der Waals surface area contributed by atoms with Crippen LogP contribution >= 0.6 is 0 Å². The summed E-state index contributed by atoms with van der Waals surface area (Å²) in [6.07, 6.45) is 1.62. The van der Waals surface area contributed by atoms with E-state index in [-0.39, 0.29) is 18.2 Å². The molecule has 5 nitrogen and oxygen atoms in total. The molecule has 17 heavy (non-hydrogen) atoms. The van der Waals surface area contributed by atoms with Gasteiger partial charge < -0.3 is 15.7 Å². The Bertz CT molecular complexity index is 286. The summed E-state index contributed by atoms with van der Waals surface area (Å²) in [5, 5.41) is 8.65. The van der Waals surface area contributed by atoms with E-state index >= 15 is 0 Å². The van der Waals surface area contributed by atoms with Crippen molar-refractivity contribution in [2.45, 2.75) is 33.1 Å². The third-order valence-electron chi connectivity index (χ3n) is 3.91. The number of carboxylic acids is 1. The van der Waals surface area contributed by atoms with Gasteiger partial charge in [-0.1, -0.05) is 13.8 Å². The van der Waals surface area contributed by atoms with Crippen molar-refractivity contribution >= 4 is 11.9 Å². The minimum atomic E-state index is -0.793. The van der Waals surface area contributed by atoms with Crippen LogP contribution < -0.4 is 5.73 Å². The van der Waals surface area contributed by atoms with Crippen molar-refractivity contribution in [1.29, 1.82) is 0 Å². The molecule has 0 bridgehead atoms. The van der Waals surface area contributed by atoms with Crippen molar-refractivity contribution in [2.24, 2.45) is 17.1 Å². The van der Waals surface area contributed by atoms with E-state index in [9.17, 15) is 9.59 Å². The number of likely N-dealkylation sites (tertiary alicyclic amines) is 1. The van der Waals surface area contributed by atoms with Gasteiger partial charge in [-0.3, -0.25) is 9.59 Å². The van der Waals surface area contributed by atoms with E-state index in [1.54, 1.807) is 4.90 Å². The third-order valence-corrected chi connectivity index (χ3v) is 3.91. The van der Waals surface area contributed by atoms with Crippen LogP contribution in [0, 0.1) is 11.3 Å².